The van der Waals surface area contributed by atoms with Gasteiger partial charge in [0, 0.05) is 38.1 Å². The van der Waals surface area contributed by atoms with Gasteiger partial charge in [-0.3, -0.25) is 4.90 Å². The minimum absolute atomic E-state index is 0.0545. The molecule has 5 nitrogen and oxygen atoms in total. The van der Waals surface area contributed by atoms with Crippen LogP contribution in [-0.4, -0.2) is 52.8 Å². The lowest BCUT2D eigenvalue weighted by molar-refractivity contribution is -0.0342. The molecule has 1 saturated heterocycles. The number of aryl methyl sites for hydroxylation is 1. The molecule has 0 aromatic carbocycles. The Labute approximate surface area is 122 Å². The molecule has 2 heterocycles. The Kier molecular flexibility index (Phi) is 5.18. The molecule has 5 heteroatoms. The maximum absolute atomic E-state index is 5.51. The predicted octanol–water partition coefficient (Wildman–Crippen LogP) is 1.57. The van der Waals surface area contributed by atoms with Gasteiger partial charge in [0.2, 0.25) is 0 Å². The molecule has 2 unspecified atom stereocenters. The van der Waals surface area contributed by atoms with Crippen LogP contribution in [0.25, 0.3) is 0 Å². The quantitative estimate of drug-likeness (QED) is 0.859. The molecule has 114 valence electrons. The molecule has 0 spiro atoms. The second-order valence-corrected chi connectivity index (χ2v) is 5.70. The van der Waals surface area contributed by atoms with Crippen LogP contribution >= 0.6 is 0 Å². The highest BCUT2D eigenvalue weighted by atomic mass is 16.5. The normalized spacial score (nSPS) is 21.6. The summed E-state index contributed by atoms with van der Waals surface area (Å²) in [5.74, 6) is 1.11. The van der Waals surface area contributed by atoms with E-state index in [1.807, 2.05) is 12.4 Å². The summed E-state index contributed by atoms with van der Waals surface area (Å²) >= 11 is 0. The van der Waals surface area contributed by atoms with Crippen molar-refractivity contribution in [2.45, 2.75) is 38.8 Å². The van der Waals surface area contributed by atoms with Crippen LogP contribution in [0.5, 0.6) is 0 Å². The first-order valence-corrected chi connectivity index (χ1v) is 7.66. The van der Waals surface area contributed by atoms with Gasteiger partial charge in [0.1, 0.15) is 5.82 Å². The number of aromatic nitrogens is 2. The number of nitrogens with zero attached hydrogens (tertiary/aromatic N) is 3. The average molecular weight is 280 g/mol. The van der Waals surface area contributed by atoms with E-state index in [2.05, 4.69) is 47.6 Å². The number of likely N-dealkylation sites (N-methyl/N-ethyl adjacent to an activating group) is 1. The molecule has 1 aromatic heterocycles. The third-order valence-corrected chi connectivity index (χ3v) is 4.60. The molecule has 0 amide bonds. The number of rotatable bonds is 6. The van der Waals surface area contributed by atoms with E-state index in [9.17, 15) is 0 Å². The first kappa shape index (κ1) is 15.5. The average Bonchev–Trinajstić information content (AvgIpc) is 2.91. The first-order chi connectivity index (χ1) is 9.63. The van der Waals surface area contributed by atoms with Gasteiger partial charge in [-0.25, -0.2) is 4.98 Å². The molecular formula is C15H28N4O. The highest BCUT2D eigenvalue weighted by Gasteiger charge is 2.41. The van der Waals surface area contributed by atoms with Crippen molar-refractivity contribution < 1.29 is 4.74 Å². The van der Waals surface area contributed by atoms with Gasteiger partial charge in [-0.2, -0.15) is 0 Å². The van der Waals surface area contributed by atoms with Gasteiger partial charge in [0.25, 0.3) is 0 Å². The molecule has 1 aromatic rings. The standard InChI is InChI=1S/C15H28N4O/c1-5-15(3,19-9-11-20-12-10-19)13(16-6-2)14-17-7-8-18(14)4/h7-8,13,16H,5-6,9-12H2,1-4H3. The highest BCUT2D eigenvalue weighted by Crippen LogP contribution is 2.34. The molecule has 2 rings (SSSR count). The smallest absolute Gasteiger partial charge is 0.127 e. The molecule has 2 atom stereocenters. The Balaban J connectivity index is 2.30. The van der Waals surface area contributed by atoms with Crippen LogP contribution in [0, 0.1) is 0 Å². The van der Waals surface area contributed by atoms with E-state index < -0.39 is 0 Å². The molecule has 0 bridgehead atoms. The van der Waals surface area contributed by atoms with E-state index in [1.165, 1.54) is 0 Å². The van der Waals surface area contributed by atoms with Crippen LogP contribution < -0.4 is 5.32 Å². The van der Waals surface area contributed by atoms with Crippen molar-refractivity contribution in [2.75, 3.05) is 32.8 Å². The van der Waals surface area contributed by atoms with Crippen molar-refractivity contribution in [3.05, 3.63) is 18.2 Å². The van der Waals surface area contributed by atoms with E-state index in [1.54, 1.807) is 0 Å². The second kappa shape index (κ2) is 6.70. The molecule has 0 radical (unpaired) electrons. The molecule has 0 saturated carbocycles. The first-order valence-electron chi connectivity index (χ1n) is 7.66. The summed E-state index contributed by atoms with van der Waals surface area (Å²) < 4.78 is 7.64. The lowest BCUT2D eigenvalue weighted by Crippen LogP contribution is -2.58. The van der Waals surface area contributed by atoms with Gasteiger partial charge in [-0.15, -0.1) is 0 Å². The van der Waals surface area contributed by atoms with Crippen molar-refractivity contribution in [3.63, 3.8) is 0 Å². The van der Waals surface area contributed by atoms with Crippen LogP contribution in [-0.2, 0) is 11.8 Å². The Bertz CT molecular complexity index is 414. The van der Waals surface area contributed by atoms with Gasteiger partial charge in [-0.05, 0) is 19.9 Å². The van der Waals surface area contributed by atoms with Crippen LogP contribution in [0.4, 0.5) is 0 Å². The van der Waals surface area contributed by atoms with E-state index in [-0.39, 0.29) is 11.6 Å². The fourth-order valence-corrected chi connectivity index (χ4v) is 3.13. The molecule has 1 N–H and O–H groups in total. The van der Waals surface area contributed by atoms with Crippen LogP contribution in [0.1, 0.15) is 39.1 Å². The fraction of sp³-hybridized carbons (Fsp3) is 0.800. The Morgan fingerprint density at radius 2 is 2.10 bits per heavy atom. The summed E-state index contributed by atoms with van der Waals surface area (Å²) in [6.45, 7) is 11.4. The number of imidazole rings is 1. The maximum atomic E-state index is 5.51. The number of nitrogens with one attached hydrogen (secondary N) is 1. The van der Waals surface area contributed by atoms with Crippen molar-refractivity contribution >= 4 is 0 Å². The number of hydrogen-bond acceptors (Lipinski definition) is 4. The van der Waals surface area contributed by atoms with Crippen LogP contribution in [0.3, 0.4) is 0 Å². The third kappa shape index (κ3) is 2.90. The summed E-state index contributed by atoms with van der Waals surface area (Å²) in [5.41, 5.74) is 0.0545. The summed E-state index contributed by atoms with van der Waals surface area (Å²) in [6, 6.07) is 0.232. The van der Waals surface area contributed by atoms with E-state index in [0.29, 0.717) is 0 Å². The van der Waals surface area contributed by atoms with Gasteiger partial charge in [-0.1, -0.05) is 13.8 Å². The molecule has 0 aliphatic carbocycles. The summed E-state index contributed by atoms with van der Waals surface area (Å²) in [7, 11) is 2.07. The molecule has 20 heavy (non-hydrogen) atoms. The van der Waals surface area contributed by atoms with Gasteiger partial charge >= 0.3 is 0 Å². The van der Waals surface area contributed by atoms with Gasteiger partial charge < -0.3 is 14.6 Å². The van der Waals surface area contributed by atoms with Gasteiger partial charge in [0.05, 0.1) is 19.3 Å². The van der Waals surface area contributed by atoms with E-state index in [0.717, 1.165) is 45.1 Å². The topological polar surface area (TPSA) is 42.3 Å². The molecule has 1 aliphatic rings. The van der Waals surface area contributed by atoms with Crippen molar-refractivity contribution in [2.24, 2.45) is 7.05 Å². The minimum atomic E-state index is 0.0545. The number of hydrogen-bond donors (Lipinski definition) is 1. The fourth-order valence-electron chi connectivity index (χ4n) is 3.13. The Morgan fingerprint density at radius 3 is 2.60 bits per heavy atom. The molecule has 1 aliphatic heterocycles. The molecule has 1 fully saturated rings. The van der Waals surface area contributed by atoms with Crippen molar-refractivity contribution in [1.82, 2.24) is 19.8 Å². The zero-order valence-electron chi connectivity index (χ0n) is 13.2. The lowest BCUT2D eigenvalue weighted by Gasteiger charge is -2.47. The Morgan fingerprint density at radius 1 is 1.40 bits per heavy atom. The van der Waals surface area contributed by atoms with Crippen molar-refractivity contribution in [1.29, 1.82) is 0 Å². The monoisotopic (exact) mass is 280 g/mol. The lowest BCUT2D eigenvalue weighted by atomic mass is 9.86. The predicted molar refractivity (Wildman–Crippen MR) is 80.7 cm³/mol. The summed E-state index contributed by atoms with van der Waals surface area (Å²) in [6.07, 6.45) is 4.99. The zero-order chi connectivity index (χ0) is 14.6. The van der Waals surface area contributed by atoms with Gasteiger partial charge in [0.15, 0.2) is 0 Å². The van der Waals surface area contributed by atoms with Crippen LogP contribution in [0.15, 0.2) is 12.4 Å². The van der Waals surface area contributed by atoms with E-state index >= 15 is 0 Å². The molecular weight excluding hydrogens is 252 g/mol. The number of morpholine rings is 1. The minimum Gasteiger partial charge on any atom is -0.379 e. The second-order valence-electron chi connectivity index (χ2n) is 5.70. The maximum Gasteiger partial charge on any atom is 0.127 e. The zero-order valence-corrected chi connectivity index (χ0v) is 13.2. The summed E-state index contributed by atoms with van der Waals surface area (Å²) in [5, 5.41) is 3.65. The van der Waals surface area contributed by atoms with Crippen molar-refractivity contribution in [3.8, 4) is 0 Å². The Hall–Kier alpha value is -0.910. The highest BCUT2D eigenvalue weighted by molar-refractivity contribution is 5.09. The van der Waals surface area contributed by atoms with Crippen LogP contribution in [0.2, 0.25) is 0 Å². The SMILES string of the molecule is CCNC(c1nccn1C)C(C)(CC)N1CCOCC1. The third-order valence-electron chi connectivity index (χ3n) is 4.60. The number of ether oxygens (including phenoxy) is 1. The largest absolute Gasteiger partial charge is 0.379 e. The summed E-state index contributed by atoms with van der Waals surface area (Å²) in [4.78, 5) is 7.14. The van der Waals surface area contributed by atoms with E-state index in [4.69, 9.17) is 4.74 Å².